The van der Waals surface area contributed by atoms with Crippen molar-refractivity contribution in [1.82, 2.24) is 5.43 Å². The largest absolute Gasteiger partial charge is 0.271 e. The molecule has 19 heavy (non-hydrogen) atoms. The molecule has 0 aromatic heterocycles. The first-order valence-corrected chi connectivity index (χ1v) is 6.83. The van der Waals surface area contributed by atoms with Crippen molar-refractivity contribution in [1.29, 1.82) is 0 Å². The first-order chi connectivity index (χ1) is 9.22. The summed E-state index contributed by atoms with van der Waals surface area (Å²) in [5, 5.41) is 2.56. The molecule has 2 aromatic rings. The van der Waals surface area contributed by atoms with E-state index in [9.17, 15) is 0 Å². The Kier molecular flexibility index (Phi) is 4.72. The first-order valence-electron chi connectivity index (χ1n) is 6.83. The Balaban J connectivity index is 2.12. The molecular weight excluding hydrogens is 232 g/mol. The second-order valence-corrected chi connectivity index (χ2v) is 5.06. The van der Waals surface area contributed by atoms with Crippen molar-refractivity contribution in [2.24, 2.45) is 5.84 Å². The molecule has 0 fully saturated rings. The Bertz CT molecular complexity index is 560. The molecule has 0 saturated heterocycles. The van der Waals surface area contributed by atoms with Crippen LogP contribution in [0.2, 0.25) is 0 Å². The number of hydrazine groups is 1. The van der Waals surface area contributed by atoms with Crippen LogP contribution in [0.3, 0.4) is 0 Å². The quantitative estimate of drug-likeness (QED) is 0.470. The maximum absolute atomic E-state index is 5.65. The molecule has 3 N–H and O–H groups in total. The number of rotatable bonds is 6. The highest BCUT2D eigenvalue weighted by Crippen LogP contribution is 2.18. The Morgan fingerprint density at radius 1 is 1.21 bits per heavy atom. The van der Waals surface area contributed by atoms with E-state index >= 15 is 0 Å². The summed E-state index contributed by atoms with van der Waals surface area (Å²) in [6.45, 7) is 6.19. The van der Waals surface area contributed by atoms with Gasteiger partial charge in [0.2, 0.25) is 0 Å². The topological polar surface area (TPSA) is 38.0 Å². The van der Waals surface area contributed by atoms with Gasteiger partial charge in [-0.3, -0.25) is 11.3 Å². The summed E-state index contributed by atoms with van der Waals surface area (Å²) in [7, 11) is 0. The van der Waals surface area contributed by atoms with Gasteiger partial charge >= 0.3 is 0 Å². The van der Waals surface area contributed by atoms with E-state index in [2.05, 4.69) is 61.4 Å². The SMILES string of the molecule is C=C(CC)CC(Cc1ccc2ccccc2c1)NN. The second kappa shape index (κ2) is 6.50. The van der Waals surface area contributed by atoms with Gasteiger partial charge in [-0.15, -0.1) is 0 Å². The van der Waals surface area contributed by atoms with Crippen LogP contribution in [0.25, 0.3) is 10.8 Å². The number of nitrogens with two attached hydrogens (primary N) is 1. The third-order valence-corrected chi connectivity index (χ3v) is 3.57. The minimum atomic E-state index is 0.258. The molecule has 2 aromatic carbocycles. The van der Waals surface area contributed by atoms with E-state index in [0.717, 1.165) is 19.3 Å². The van der Waals surface area contributed by atoms with Crippen molar-refractivity contribution in [2.75, 3.05) is 0 Å². The number of benzene rings is 2. The number of fused-ring (bicyclic) bond motifs is 1. The molecule has 1 atom stereocenters. The van der Waals surface area contributed by atoms with Crippen LogP contribution < -0.4 is 11.3 Å². The Hall–Kier alpha value is -1.64. The van der Waals surface area contributed by atoms with Gasteiger partial charge in [0.15, 0.2) is 0 Å². The molecule has 0 heterocycles. The predicted molar refractivity (Wildman–Crippen MR) is 82.8 cm³/mol. The van der Waals surface area contributed by atoms with Gasteiger partial charge in [-0.25, -0.2) is 0 Å². The fourth-order valence-electron chi connectivity index (χ4n) is 2.33. The van der Waals surface area contributed by atoms with Crippen LogP contribution in [0.5, 0.6) is 0 Å². The number of hydrogen-bond acceptors (Lipinski definition) is 2. The third kappa shape index (κ3) is 3.66. The van der Waals surface area contributed by atoms with Crippen molar-refractivity contribution in [3.8, 4) is 0 Å². The van der Waals surface area contributed by atoms with Crippen molar-refractivity contribution in [3.63, 3.8) is 0 Å². The van der Waals surface area contributed by atoms with Crippen molar-refractivity contribution in [2.45, 2.75) is 32.2 Å². The molecule has 0 bridgehead atoms. The predicted octanol–water partition coefficient (Wildman–Crippen LogP) is 3.57. The molecule has 0 aliphatic carbocycles. The molecule has 0 spiro atoms. The standard InChI is InChI=1S/C17H22N2/c1-3-13(2)10-17(19-18)12-14-8-9-15-6-4-5-7-16(15)11-14/h4-9,11,17,19H,2-3,10,12,18H2,1H3. The molecule has 0 aliphatic rings. The third-order valence-electron chi connectivity index (χ3n) is 3.57. The minimum absolute atomic E-state index is 0.258. The zero-order chi connectivity index (χ0) is 13.7. The lowest BCUT2D eigenvalue weighted by atomic mass is 9.97. The number of nitrogens with one attached hydrogen (secondary N) is 1. The van der Waals surface area contributed by atoms with E-state index in [4.69, 9.17) is 5.84 Å². The lowest BCUT2D eigenvalue weighted by Gasteiger charge is -2.17. The lowest BCUT2D eigenvalue weighted by molar-refractivity contribution is 0.517. The monoisotopic (exact) mass is 254 g/mol. The second-order valence-electron chi connectivity index (χ2n) is 5.06. The molecular formula is C17H22N2. The summed E-state index contributed by atoms with van der Waals surface area (Å²) in [5.41, 5.74) is 5.45. The Labute approximate surface area is 115 Å². The molecule has 0 amide bonds. The lowest BCUT2D eigenvalue weighted by Crippen LogP contribution is -2.37. The fourth-order valence-corrected chi connectivity index (χ4v) is 2.33. The zero-order valence-corrected chi connectivity index (χ0v) is 11.5. The van der Waals surface area contributed by atoms with Crippen LogP contribution >= 0.6 is 0 Å². The van der Waals surface area contributed by atoms with E-state index in [-0.39, 0.29) is 6.04 Å². The highest BCUT2D eigenvalue weighted by molar-refractivity contribution is 5.82. The molecule has 0 aliphatic heterocycles. The molecule has 0 saturated carbocycles. The number of hydrogen-bond donors (Lipinski definition) is 2. The summed E-state index contributed by atoms with van der Waals surface area (Å²) in [6, 6.07) is 15.3. The maximum atomic E-state index is 5.65. The summed E-state index contributed by atoms with van der Waals surface area (Å²) in [6.07, 6.45) is 2.87. The summed E-state index contributed by atoms with van der Waals surface area (Å²) in [4.78, 5) is 0. The van der Waals surface area contributed by atoms with E-state index in [1.165, 1.54) is 21.9 Å². The van der Waals surface area contributed by atoms with Gasteiger partial charge in [-0.05, 0) is 35.6 Å². The molecule has 2 heteroatoms. The van der Waals surface area contributed by atoms with Crippen LogP contribution in [0, 0.1) is 0 Å². The van der Waals surface area contributed by atoms with Gasteiger partial charge in [0.1, 0.15) is 0 Å². The fraction of sp³-hybridized carbons (Fsp3) is 0.294. The average molecular weight is 254 g/mol. The van der Waals surface area contributed by atoms with E-state index in [1.807, 2.05) is 0 Å². The van der Waals surface area contributed by atoms with Gasteiger partial charge in [-0.2, -0.15) is 0 Å². The van der Waals surface area contributed by atoms with E-state index in [1.54, 1.807) is 0 Å². The van der Waals surface area contributed by atoms with Gasteiger partial charge in [0, 0.05) is 6.04 Å². The highest BCUT2D eigenvalue weighted by atomic mass is 15.2. The molecule has 100 valence electrons. The summed E-state index contributed by atoms with van der Waals surface area (Å²) in [5.74, 6) is 5.65. The average Bonchev–Trinajstić information content (AvgIpc) is 2.46. The van der Waals surface area contributed by atoms with Crippen LogP contribution in [0.15, 0.2) is 54.6 Å². The van der Waals surface area contributed by atoms with Gasteiger partial charge in [-0.1, -0.05) is 61.5 Å². The summed E-state index contributed by atoms with van der Waals surface area (Å²) >= 11 is 0. The molecule has 2 nitrogen and oxygen atoms in total. The van der Waals surface area contributed by atoms with Crippen LogP contribution in [-0.4, -0.2) is 6.04 Å². The maximum Gasteiger partial charge on any atom is 0.0287 e. The molecule has 1 unspecified atom stereocenters. The zero-order valence-electron chi connectivity index (χ0n) is 11.5. The summed E-state index contributed by atoms with van der Waals surface area (Å²) < 4.78 is 0. The first kappa shape index (κ1) is 13.8. The van der Waals surface area contributed by atoms with Crippen LogP contribution in [0.4, 0.5) is 0 Å². The Morgan fingerprint density at radius 3 is 2.63 bits per heavy atom. The van der Waals surface area contributed by atoms with Crippen molar-refractivity contribution >= 4 is 10.8 Å². The van der Waals surface area contributed by atoms with Gasteiger partial charge < -0.3 is 0 Å². The van der Waals surface area contributed by atoms with E-state index < -0.39 is 0 Å². The Morgan fingerprint density at radius 2 is 1.95 bits per heavy atom. The smallest absolute Gasteiger partial charge is 0.0287 e. The normalized spacial score (nSPS) is 12.5. The molecule has 0 radical (unpaired) electrons. The van der Waals surface area contributed by atoms with Crippen LogP contribution in [-0.2, 0) is 6.42 Å². The van der Waals surface area contributed by atoms with Crippen LogP contribution in [0.1, 0.15) is 25.3 Å². The van der Waals surface area contributed by atoms with Gasteiger partial charge in [0.25, 0.3) is 0 Å². The van der Waals surface area contributed by atoms with Crippen molar-refractivity contribution in [3.05, 3.63) is 60.2 Å². The van der Waals surface area contributed by atoms with Crippen molar-refractivity contribution < 1.29 is 0 Å². The van der Waals surface area contributed by atoms with E-state index in [0.29, 0.717) is 0 Å². The molecule has 2 rings (SSSR count). The highest BCUT2D eigenvalue weighted by Gasteiger charge is 2.09. The minimum Gasteiger partial charge on any atom is -0.271 e. The van der Waals surface area contributed by atoms with Gasteiger partial charge in [0.05, 0.1) is 0 Å².